The molecule has 0 aromatic heterocycles. The SMILES string of the molecule is O=C(NCCC[N+]12CCC(CC1)C(OC(=O)C([O-])(c1ccccc1)c1ccccc1)C2)c1ccc(-c2ccccc2)cc1. The molecule has 0 radical (unpaired) electrons. The fourth-order valence-electron chi connectivity index (χ4n) is 6.80. The summed E-state index contributed by atoms with van der Waals surface area (Å²) in [4.78, 5) is 26.5. The first-order valence-corrected chi connectivity index (χ1v) is 15.3. The van der Waals surface area contributed by atoms with Crippen LogP contribution < -0.4 is 10.4 Å². The van der Waals surface area contributed by atoms with E-state index in [1.165, 1.54) is 0 Å². The minimum Gasteiger partial charge on any atom is -0.834 e. The number of piperidine rings is 3. The van der Waals surface area contributed by atoms with Crippen LogP contribution in [-0.2, 0) is 15.1 Å². The minimum atomic E-state index is -2.12. The predicted octanol–water partition coefficient (Wildman–Crippen LogP) is 4.93. The summed E-state index contributed by atoms with van der Waals surface area (Å²) in [5.41, 5.74) is 1.51. The van der Waals surface area contributed by atoms with Gasteiger partial charge in [0.15, 0.2) is 6.10 Å². The van der Waals surface area contributed by atoms with Crippen molar-refractivity contribution in [1.82, 2.24) is 5.32 Å². The number of ether oxygens (including phenoxy) is 1. The van der Waals surface area contributed by atoms with Crippen LogP contribution in [0.15, 0.2) is 115 Å². The molecule has 3 aliphatic heterocycles. The van der Waals surface area contributed by atoms with Crippen molar-refractivity contribution in [3.8, 4) is 11.1 Å². The van der Waals surface area contributed by atoms with E-state index in [-0.39, 0.29) is 17.9 Å². The van der Waals surface area contributed by atoms with Gasteiger partial charge in [0.05, 0.1) is 19.6 Å². The number of quaternary nitrogens is 1. The first-order valence-electron chi connectivity index (χ1n) is 15.3. The lowest BCUT2D eigenvalue weighted by Crippen LogP contribution is -2.65. The molecule has 0 spiro atoms. The number of nitrogens with zero attached hydrogens (tertiary/aromatic N) is 1. The average Bonchev–Trinajstić information content (AvgIpc) is 3.08. The molecule has 1 unspecified atom stereocenters. The van der Waals surface area contributed by atoms with Gasteiger partial charge >= 0.3 is 5.97 Å². The highest BCUT2D eigenvalue weighted by atomic mass is 16.6. The molecule has 6 heteroatoms. The maximum atomic E-state index is 14.3. The van der Waals surface area contributed by atoms with Crippen LogP contribution in [0.4, 0.5) is 0 Å². The first-order chi connectivity index (χ1) is 21.0. The minimum absolute atomic E-state index is 0.0719. The molecule has 220 valence electrons. The third-order valence-corrected chi connectivity index (χ3v) is 9.30. The zero-order valence-corrected chi connectivity index (χ0v) is 24.4. The van der Waals surface area contributed by atoms with Crippen molar-refractivity contribution >= 4 is 11.9 Å². The third-order valence-electron chi connectivity index (χ3n) is 9.30. The molecule has 4 aromatic carbocycles. The first kappa shape index (κ1) is 28.8. The van der Waals surface area contributed by atoms with Crippen LogP contribution in [0.1, 0.15) is 40.7 Å². The number of benzene rings is 4. The van der Waals surface area contributed by atoms with Crippen LogP contribution in [0.5, 0.6) is 0 Å². The molecule has 3 heterocycles. The fourth-order valence-corrected chi connectivity index (χ4v) is 6.80. The molecule has 0 aliphatic carbocycles. The predicted molar refractivity (Wildman–Crippen MR) is 165 cm³/mol. The van der Waals surface area contributed by atoms with E-state index >= 15 is 0 Å². The Bertz CT molecular complexity index is 1480. The Morgan fingerprint density at radius 3 is 1.88 bits per heavy atom. The summed E-state index contributed by atoms with van der Waals surface area (Å²) < 4.78 is 6.99. The lowest BCUT2D eigenvalue weighted by atomic mass is 9.82. The van der Waals surface area contributed by atoms with E-state index in [4.69, 9.17) is 4.74 Å². The molecule has 1 amide bonds. The van der Waals surface area contributed by atoms with Gasteiger partial charge in [-0.05, 0) is 34.4 Å². The van der Waals surface area contributed by atoms with E-state index in [0.29, 0.717) is 29.8 Å². The van der Waals surface area contributed by atoms with Crippen molar-refractivity contribution < 1.29 is 23.9 Å². The van der Waals surface area contributed by atoms with E-state index in [9.17, 15) is 14.7 Å². The van der Waals surface area contributed by atoms with Crippen molar-refractivity contribution in [3.63, 3.8) is 0 Å². The number of carbonyl (C=O) groups excluding carboxylic acids is 2. The largest absolute Gasteiger partial charge is 0.834 e. The molecule has 4 aromatic rings. The van der Waals surface area contributed by atoms with E-state index in [1.54, 1.807) is 48.5 Å². The van der Waals surface area contributed by atoms with E-state index in [1.807, 2.05) is 54.6 Å². The second kappa shape index (κ2) is 12.5. The van der Waals surface area contributed by atoms with Gasteiger partial charge in [0.25, 0.3) is 5.91 Å². The van der Waals surface area contributed by atoms with Crippen LogP contribution in [0, 0.1) is 5.92 Å². The molecule has 7 rings (SSSR count). The number of hydrogen-bond acceptors (Lipinski definition) is 4. The molecule has 6 nitrogen and oxygen atoms in total. The quantitative estimate of drug-likeness (QED) is 0.166. The molecule has 0 saturated carbocycles. The molecular weight excluding hydrogens is 536 g/mol. The third kappa shape index (κ3) is 6.12. The fraction of sp³-hybridized carbons (Fsp3) is 0.297. The standard InChI is InChI=1S/C37H38N2O4/c40-35(31-19-17-29(18-20-31)28-11-4-1-5-12-28)38-23-10-24-39-25-21-30(22-26-39)34(27-39)43-36(41)37(42,32-13-6-2-7-14-32)33-15-8-3-9-16-33/h1-9,11-20,30,34H,10,21-27H2,(H,38,40). The Labute approximate surface area is 253 Å². The number of esters is 1. The summed E-state index contributed by atoms with van der Waals surface area (Å²) in [6.45, 7) is 4.26. The van der Waals surface area contributed by atoms with Gasteiger partial charge in [0.1, 0.15) is 6.54 Å². The second-order valence-electron chi connectivity index (χ2n) is 11.9. The number of fused-ring (bicyclic) bond motifs is 3. The molecule has 1 N–H and O–H groups in total. The van der Waals surface area contributed by atoms with Crippen LogP contribution in [0.25, 0.3) is 11.1 Å². The van der Waals surface area contributed by atoms with Crippen molar-refractivity contribution in [3.05, 3.63) is 132 Å². The summed E-state index contributed by atoms with van der Waals surface area (Å²) in [6, 6.07) is 35.4. The maximum absolute atomic E-state index is 14.3. The number of nitrogens with one attached hydrogen (secondary N) is 1. The van der Waals surface area contributed by atoms with Gasteiger partial charge in [0, 0.05) is 42.9 Å². The van der Waals surface area contributed by atoms with Crippen molar-refractivity contribution in [2.75, 3.05) is 32.7 Å². The van der Waals surface area contributed by atoms with Gasteiger partial charge in [-0.15, -0.1) is 0 Å². The van der Waals surface area contributed by atoms with E-state index < -0.39 is 11.6 Å². The second-order valence-corrected chi connectivity index (χ2v) is 11.9. The lowest BCUT2D eigenvalue weighted by molar-refractivity contribution is -0.946. The summed E-state index contributed by atoms with van der Waals surface area (Å²) in [5.74, 6) is -0.525. The number of hydrogen-bond donors (Lipinski definition) is 1. The number of amides is 1. The Hall–Kier alpha value is -4.26. The van der Waals surface area contributed by atoms with Crippen LogP contribution in [-0.4, -0.2) is 55.2 Å². The molecule has 1 atom stereocenters. The van der Waals surface area contributed by atoms with Gasteiger partial charge in [-0.1, -0.05) is 103 Å². The Balaban J connectivity index is 1.05. The van der Waals surface area contributed by atoms with E-state index in [2.05, 4.69) is 17.4 Å². The Morgan fingerprint density at radius 1 is 0.767 bits per heavy atom. The average molecular weight is 575 g/mol. The van der Waals surface area contributed by atoms with Crippen molar-refractivity contribution in [1.29, 1.82) is 0 Å². The zero-order chi connectivity index (χ0) is 29.7. The van der Waals surface area contributed by atoms with Gasteiger partial charge in [-0.2, -0.15) is 0 Å². The molecule has 2 bridgehead atoms. The van der Waals surface area contributed by atoms with Gasteiger partial charge in [0.2, 0.25) is 0 Å². The molecule has 43 heavy (non-hydrogen) atoms. The molecule has 3 fully saturated rings. The van der Waals surface area contributed by atoms with Gasteiger partial charge in [-0.3, -0.25) is 9.59 Å². The highest BCUT2D eigenvalue weighted by molar-refractivity contribution is 5.94. The summed E-state index contributed by atoms with van der Waals surface area (Å²) in [6.07, 6.45) is 2.49. The van der Waals surface area contributed by atoms with Crippen molar-refractivity contribution in [2.24, 2.45) is 5.92 Å². The number of carbonyl (C=O) groups is 2. The zero-order valence-electron chi connectivity index (χ0n) is 24.4. The smallest absolute Gasteiger partial charge is 0.304 e. The van der Waals surface area contributed by atoms with Crippen molar-refractivity contribution in [2.45, 2.75) is 31.0 Å². The highest BCUT2D eigenvalue weighted by Gasteiger charge is 2.48. The summed E-state index contributed by atoms with van der Waals surface area (Å²) >= 11 is 0. The van der Waals surface area contributed by atoms with Crippen LogP contribution in [0.2, 0.25) is 0 Å². The van der Waals surface area contributed by atoms with Gasteiger partial charge < -0.3 is 19.6 Å². The number of rotatable bonds is 10. The summed E-state index contributed by atoms with van der Waals surface area (Å²) in [5, 5.41) is 17.4. The monoisotopic (exact) mass is 574 g/mol. The van der Waals surface area contributed by atoms with Crippen LogP contribution >= 0.6 is 0 Å². The molecular formula is C37H38N2O4. The molecule has 3 saturated heterocycles. The lowest BCUT2D eigenvalue weighted by Gasteiger charge is -2.53. The maximum Gasteiger partial charge on any atom is 0.304 e. The van der Waals surface area contributed by atoms with Crippen LogP contribution in [0.3, 0.4) is 0 Å². The van der Waals surface area contributed by atoms with E-state index in [0.717, 1.165) is 54.5 Å². The highest BCUT2D eigenvalue weighted by Crippen LogP contribution is 2.37. The summed E-state index contributed by atoms with van der Waals surface area (Å²) in [7, 11) is 0. The Morgan fingerprint density at radius 2 is 1.30 bits per heavy atom. The van der Waals surface area contributed by atoms with Gasteiger partial charge in [-0.25, -0.2) is 0 Å². The normalized spacial score (nSPS) is 21.2. The Kier molecular flexibility index (Phi) is 8.41. The topological polar surface area (TPSA) is 78.5 Å². The molecule has 3 aliphatic rings.